The highest BCUT2D eigenvalue weighted by molar-refractivity contribution is 5.81. The third-order valence-corrected chi connectivity index (χ3v) is 3.91. The van der Waals surface area contributed by atoms with Gasteiger partial charge in [-0.1, -0.05) is 0 Å². The SMILES string of the molecule is COc1ccc(N2CCN(C(=O)CCC(=O)O)CC2)c(OC)c1. The minimum absolute atomic E-state index is 0.0567. The molecule has 0 saturated carbocycles. The number of aliphatic carboxylic acids is 1. The number of carboxylic acids is 1. The summed E-state index contributed by atoms with van der Waals surface area (Å²) in [4.78, 5) is 26.4. The number of amides is 1. The standard InChI is InChI=1S/C16H22N2O5/c1-22-12-3-4-13(14(11-12)23-2)17-7-9-18(10-8-17)15(19)5-6-16(20)21/h3-4,11H,5-10H2,1-2H3,(H,20,21). The molecule has 1 amide bonds. The Labute approximate surface area is 135 Å². The molecule has 1 aromatic rings. The van der Waals surface area contributed by atoms with Crippen molar-refractivity contribution < 1.29 is 24.2 Å². The van der Waals surface area contributed by atoms with Crippen LogP contribution in [0.5, 0.6) is 11.5 Å². The van der Waals surface area contributed by atoms with E-state index in [0.717, 1.165) is 17.2 Å². The Bertz CT molecular complexity index is 568. The van der Waals surface area contributed by atoms with Gasteiger partial charge in [0.05, 0.1) is 26.3 Å². The molecule has 0 aromatic heterocycles. The van der Waals surface area contributed by atoms with Crippen LogP contribution >= 0.6 is 0 Å². The molecule has 1 N–H and O–H groups in total. The summed E-state index contributed by atoms with van der Waals surface area (Å²) in [6.45, 7) is 2.52. The molecule has 7 nitrogen and oxygen atoms in total. The molecule has 1 aliphatic heterocycles. The third-order valence-electron chi connectivity index (χ3n) is 3.91. The van der Waals surface area contributed by atoms with Crippen LogP contribution in [-0.2, 0) is 9.59 Å². The Morgan fingerprint density at radius 2 is 1.78 bits per heavy atom. The van der Waals surface area contributed by atoms with Gasteiger partial charge in [-0.3, -0.25) is 9.59 Å². The summed E-state index contributed by atoms with van der Waals surface area (Å²) in [5.74, 6) is 0.414. The number of piperazine rings is 1. The minimum atomic E-state index is -0.944. The molecule has 0 aliphatic carbocycles. The van der Waals surface area contributed by atoms with Crippen LogP contribution in [0.2, 0.25) is 0 Å². The Kier molecular flexibility index (Phi) is 5.67. The van der Waals surface area contributed by atoms with Crippen molar-refractivity contribution in [2.45, 2.75) is 12.8 Å². The van der Waals surface area contributed by atoms with Crippen molar-refractivity contribution in [3.05, 3.63) is 18.2 Å². The summed E-state index contributed by atoms with van der Waals surface area (Å²) >= 11 is 0. The van der Waals surface area contributed by atoms with Crippen molar-refractivity contribution in [2.75, 3.05) is 45.3 Å². The number of carbonyl (C=O) groups is 2. The van der Waals surface area contributed by atoms with E-state index in [9.17, 15) is 9.59 Å². The Hall–Kier alpha value is -2.44. The van der Waals surface area contributed by atoms with Crippen LogP contribution in [0.1, 0.15) is 12.8 Å². The Morgan fingerprint density at radius 1 is 1.09 bits per heavy atom. The first-order valence-corrected chi connectivity index (χ1v) is 7.51. The summed E-state index contributed by atoms with van der Waals surface area (Å²) < 4.78 is 10.6. The first kappa shape index (κ1) is 16.9. The van der Waals surface area contributed by atoms with E-state index in [4.69, 9.17) is 14.6 Å². The highest BCUT2D eigenvalue weighted by Gasteiger charge is 2.23. The maximum absolute atomic E-state index is 12.0. The molecule has 1 saturated heterocycles. The maximum atomic E-state index is 12.0. The molecule has 0 spiro atoms. The molecule has 23 heavy (non-hydrogen) atoms. The molecule has 1 aromatic carbocycles. The summed E-state index contributed by atoms with van der Waals surface area (Å²) in [5.41, 5.74) is 0.964. The van der Waals surface area contributed by atoms with E-state index in [1.807, 2.05) is 18.2 Å². The molecule has 126 valence electrons. The van der Waals surface area contributed by atoms with Crippen molar-refractivity contribution >= 4 is 17.6 Å². The molecule has 1 fully saturated rings. The zero-order chi connectivity index (χ0) is 16.8. The number of carbonyl (C=O) groups excluding carboxylic acids is 1. The fourth-order valence-electron chi connectivity index (χ4n) is 2.61. The maximum Gasteiger partial charge on any atom is 0.303 e. The number of ether oxygens (including phenoxy) is 2. The van der Waals surface area contributed by atoms with Crippen molar-refractivity contribution in [1.29, 1.82) is 0 Å². The van der Waals surface area contributed by atoms with Crippen LogP contribution in [0, 0.1) is 0 Å². The van der Waals surface area contributed by atoms with Crippen molar-refractivity contribution in [2.24, 2.45) is 0 Å². The molecule has 0 bridgehead atoms. The van der Waals surface area contributed by atoms with Crippen LogP contribution in [0.3, 0.4) is 0 Å². The Morgan fingerprint density at radius 3 is 2.35 bits per heavy atom. The number of anilines is 1. The quantitative estimate of drug-likeness (QED) is 0.848. The molecule has 2 rings (SSSR count). The largest absolute Gasteiger partial charge is 0.497 e. The normalized spacial score (nSPS) is 14.5. The second-order valence-corrected chi connectivity index (χ2v) is 5.30. The van der Waals surface area contributed by atoms with E-state index >= 15 is 0 Å². The lowest BCUT2D eigenvalue weighted by Crippen LogP contribution is -2.48. The van der Waals surface area contributed by atoms with Gasteiger partial charge in [0.25, 0.3) is 0 Å². The number of hydrogen-bond donors (Lipinski definition) is 1. The number of nitrogens with zero attached hydrogens (tertiary/aromatic N) is 2. The topological polar surface area (TPSA) is 79.3 Å². The van der Waals surface area contributed by atoms with Gasteiger partial charge in [0.2, 0.25) is 5.91 Å². The van der Waals surface area contributed by atoms with Gasteiger partial charge in [-0.2, -0.15) is 0 Å². The van der Waals surface area contributed by atoms with Crippen LogP contribution in [0.15, 0.2) is 18.2 Å². The van der Waals surface area contributed by atoms with Gasteiger partial charge < -0.3 is 24.4 Å². The number of hydrogen-bond acceptors (Lipinski definition) is 5. The Balaban J connectivity index is 1.96. The van der Waals surface area contributed by atoms with E-state index in [2.05, 4.69) is 4.90 Å². The predicted molar refractivity (Wildman–Crippen MR) is 85.2 cm³/mol. The average molecular weight is 322 g/mol. The molecule has 1 heterocycles. The number of carboxylic acid groups (broad SMARTS) is 1. The van der Waals surface area contributed by atoms with E-state index in [1.165, 1.54) is 0 Å². The lowest BCUT2D eigenvalue weighted by molar-refractivity contribution is -0.141. The van der Waals surface area contributed by atoms with Gasteiger partial charge in [0.15, 0.2) is 0 Å². The smallest absolute Gasteiger partial charge is 0.303 e. The van der Waals surface area contributed by atoms with Gasteiger partial charge in [0.1, 0.15) is 11.5 Å². The predicted octanol–water partition coefficient (Wildman–Crippen LogP) is 1.22. The first-order valence-electron chi connectivity index (χ1n) is 7.51. The highest BCUT2D eigenvalue weighted by atomic mass is 16.5. The highest BCUT2D eigenvalue weighted by Crippen LogP contribution is 2.32. The second kappa shape index (κ2) is 7.71. The van der Waals surface area contributed by atoms with Gasteiger partial charge in [-0.25, -0.2) is 0 Å². The molecular formula is C16H22N2O5. The lowest BCUT2D eigenvalue weighted by Gasteiger charge is -2.36. The van der Waals surface area contributed by atoms with E-state index in [-0.39, 0.29) is 18.7 Å². The first-order chi connectivity index (χ1) is 11.0. The van der Waals surface area contributed by atoms with Crippen LogP contribution in [0.25, 0.3) is 0 Å². The molecule has 7 heteroatoms. The summed E-state index contributed by atoms with van der Waals surface area (Å²) in [7, 11) is 3.22. The fourth-order valence-corrected chi connectivity index (χ4v) is 2.61. The van der Waals surface area contributed by atoms with E-state index < -0.39 is 5.97 Å². The zero-order valence-corrected chi connectivity index (χ0v) is 13.4. The molecule has 1 aliphatic rings. The number of benzene rings is 1. The van der Waals surface area contributed by atoms with Gasteiger partial charge in [-0.05, 0) is 12.1 Å². The van der Waals surface area contributed by atoms with Gasteiger partial charge >= 0.3 is 5.97 Å². The van der Waals surface area contributed by atoms with Crippen LogP contribution in [0.4, 0.5) is 5.69 Å². The second-order valence-electron chi connectivity index (χ2n) is 5.30. The minimum Gasteiger partial charge on any atom is -0.497 e. The van der Waals surface area contributed by atoms with Gasteiger partial charge in [0, 0.05) is 38.7 Å². The fraction of sp³-hybridized carbons (Fsp3) is 0.500. The molecular weight excluding hydrogens is 300 g/mol. The molecule has 0 radical (unpaired) electrons. The van der Waals surface area contributed by atoms with Crippen LogP contribution in [-0.4, -0.2) is 62.3 Å². The van der Waals surface area contributed by atoms with E-state index in [0.29, 0.717) is 26.2 Å². The summed E-state index contributed by atoms with van der Waals surface area (Å²) in [6, 6.07) is 5.65. The summed E-state index contributed by atoms with van der Waals surface area (Å²) in [5, 5.41) is 8.65. The number of methoxy groups -OCH3 is 2. The van der Waals surface area contributed by atoms with Crippen molar-refractivity contribution in [3.63, 3.8) is 0 Å². The van der Waals surface area contributed by atoms with Crippen molar-refractivity contribution in [1.82, 2.24) is 4.90 Å². The average Bonchev–Trinajstić information content (AvgIpc) is 2.59. The monoisotopic (exact) mass is 322 g/mol. The third kappa shape index (κ3) is 4.28. The van der Waals surface area contributed by atoms with Crippen LogP contribution < -0.4 is 14.4 Å². The molecule has 0 atom stereocenters. The lowest BCUT2D eigenvalue weighted by atomic mass is 10.2. The van der Waals surface area contributed by atoms with Gasteiger partial charge in [-0.15, -0.1) is 0 Å². The zero-order valence-electron chi connectivity index (χ0n) is 13.4. The molecule has 0 unspecified atom stereocenters. The number of rotatable bonds is 6. The van der Waals surface area contributed by atoms with Crippen molar-refractivity contribution in [3.8, 4) is 11.5 Å². The summed E-state index contributed by atoms with van der Waals surface area (Å²) in [6.07, 6.45) is -0.0630. The van der Waals surface area contributed by atoms with E-state index in [1.54, 1.807) is 19.1 Å².